The number of primary amides is 1. The highest BCUT2D eigenvalue weighted by Gasteiger charge is 2.36. The number of rotatable bonds is 4. The smallest absolute Gasteiger partial charge is 0.317 e. The normalized spacial score (nSPS) is 16.3. The molecule has 140 valence electrons. The molecule has 0 radical (unpaired) electrons. The minimum atomic E-state index is -0.665. The Morgan fingerprint density at radius 3 is 2.89 bits per heavy atom. The molecule has 9 nitrogen and oxygen atoms in total. The van der Waals surface area contributed by atoms with Gasteiger partial charge in [-0.15, -0.1) is 0 Å². The van der Waals surface area contributed by atoms with E-state index in [-0.39, 0.29) is 0 Å². The number of aromatic amines is 1. The summed E-state index contributed by atoms with van der Waals surface area (Å²) in [7, 11) is 1.69. The number of aromatic nitrogens is 4. The van der Waals surface area contributed by atoms with E-state index in [1.54, 1.807) is 31.8 Å². The molecule has 1 aliphatic heterocycles. The fraction of sp³-hybridized carbons (Fsp3) is 0.333. The molecule has 27 heavy (non-hydrogen) atoms. The van der Waals surface area contributed by atoms with E-state index in [2.05, 4.69) is 20.3 Å². The second kappa shape index (κ2) is 6.93. The molecule has 0 aliphatic carbocycles. The van der Waals surface area contributed by atoms with Crippen molar-refractivity contribution >= 4 is 22.8 Å². The van der Waals surface area contributed by atoms with Gasteiger partial charge < -0.3 is 20.2 Å². The second-order valence-corrected chi connectivity index (χ2v) is 6.41. The van der Waals surface area contributed by atoms with Gasteiger partial charge in [0.2, 0.25) is 0 Å². The van der Waals surface area contributed by atoms with Crippen LogP contribution in [0.25, 0.3) is 22.2 Å². The van der Waals surface area contributed by atoms with Crippen LogP contribution in [0.4, 0.5) is 10.6 Å². The second-order valence-electron chi connectivity index (χ2n) is 6.41. The maximum atomic E-state index is 11.1. The molecule has 0 saturated carbocycles. The first-order chi connectivity index (χ1) is 13.1. The van der Waals surface area contributed by atoms with Gasteiger partial charge >= 0.3 is 6.03 Å². The van der Waals surface area contributed by atoms with Crippen molar-refractivity contribution in [3.05, 3.63) is 36.5 Å². The highest BCUT2D eigenvalue weighted by molar-refractivity contribution is 5.97. The number of nitrogens with two attached hydrogens (primary N) is 1. The van der Waals surface area contributed by atoms with E-state index in [0.29, 0.717) is 24.7 Å². The fourth-order valence-electron chi connectivity index (χ4n) is 3.41. The van der Waals surface area contributed by atoms with Crippen LogP contribution in [-0.2, 0) is 15.1 Å². The van der Waals surface area contributed by atoms with Crippen LogP contribution >= 0.6 is 0 Å². The molecule has 2 amide bonds. The van der Waals surface area contributed by atoms with Crippen LogP contribution in [0, 0.1) is 0 Å². The zero-order chi connectivity index (χ0) is 18.9. The minimum absolute atomic E-state index is 0.373. The Hall–Kier alpha value is -3.04. The Bertz CT molecular complexity index is 980. The predicted octanol–water partition coefficient (Wildman–Crippen LogP) is 2.16. The van der Waals surface area contributed by atoms with Gasteiger partial charge in [-0.3, -0.25) is 10.3 Å². The summed E-state index contributed by atoms with van der Waals surface area (Å²) in [6, 6.07) is 1.09. The number of ether oxygens (including phenoxy) is 2. The van der Waals surface area contributed by atoms with E-state index in [1.165, 1.54) is 0 Å². The van der Waals surface area contributed by atoms with Gasteiger partial charge in [0, 0.05) is 50.3 Å². The molecule has 3 aromatic heterocycles. The number of H-pyrrole nitrogens is 1. The maximum absolute atomic E-state index is 11.1. The summed E-state index contributed by atoms with van der Waals surface area (Å²) in [6.07, 6.45) is 8.39. The van der Waals surface area contributed by atoms with Crippen molar-refractivity contribution in [2.45, 2.75) is 18.4 Å². The van der Waals surface area contributed by atoms with Crippen molar-refractivity contribution in [3.8, 4) is 11.3 Å². The number of pyridine rings is 1. The molecule has 0 unspecified atom stereocenters. The lowest BCUT2D eigenvalue weighted by molar-refractivity contribution is -0.0974. The molecule has 9 heteroatoms. The molecule has 4 rings (SSSR count). The number of nitrogens with one attached hydrogen (secondary N) is 2. The number of carbonyl (C=O) groups is 1. The third-order valence-electron chi connectivity index (χ3n) is 4.89. The van der Waals surface area contributed by atoms with Gasteiger partial charge in [0.1, 0.15) is 11.4 Å². The lowest BCUT2D eigenvalue weighted by atomic mass is 9.90. The molecule has 4 heterocycles. The average molecular weight is 368 g/mol. The Morgan fingerprint density at radius 2 is 2.15 bits per heavy atom. The van der Waals surface area contributed by atoms with E-state index in [1.807, 2.05) is 6.20 Å². The van der Waals surface area contributed by atoms with Crippen molar-refractivity contribution in [2.75, 3.05) is 25.6 Å². The topological polar surface area (TPSA) is 128 Å². The molecular formula is C18H20N6O3. The third-order valence-corrected chi connectivity index (χ3v) is 4.89. The van der Waals surface area contributed by atoms with Crippen LogP contribution in [0.5, 0.6) is 0 Å². The SMILES string of the molecule is COC1(c2cncc(-c3c[nH]c4cnc(NC(N)=O)cc34)n2)CCOCC1. The van der Waals surface area contributed by atoms with Crippen LogP contribution in [0.15, 0.2) is 30.9 Å². The molecule has 1 fully saturated rings. The van der Waals surface area contributed by atoms with E-state index in [9.17, 15) is 4.79 Å². The molecule has 0 spiro atoms. The molecule has 0 aromatic carbocycles. The zero-order valence-corrected chi connectivity index (χ0v) is 14.9. The van der Waals surface area contributed by atoms with Crippen molar-refractivity contribution in [3.63, 3.8) is 0 Å². The summed E-state index contributed by atoms with van der Waals surface area (Å²) in [5, 5.41) is 3.35. The molecule has 4 N–H and O–H groups in total. The molecule has 0 bridgehead atoms. The van der Waals surface area contributed by atoms with Crippen molar-refractivity contribution in [1.29, 1.82) is 0 Å². The number of amides is 2. The Labute approximate surface area is 155 Å². The molecule has 3 aromatic rings. The van der Waals surface area contributed by atoms with Gasteiger partial charge in [-0.1, -0.05) is 0 Å². The molecule has 0 atom stereocenters. The lowest BCUT2D eigenvalue weighted by Gasteiger charge is -2.35. The predicted molar refractivity (Wildman–Crippen MR) is 99.1 cm³/mol. The third kappa shape index (κ3) is 3.22. The number of urea groups is 1. The quantitative estimate of drug-likeness (QED) is 0.647. The van der Waals surface area contributed by atoms with Crippen molar-refractivity contribution < 1.29 is 14.3 Å². The maximum Gasteiger partial charge on any atom is 0.317 e. The number of hydrogen-bond donors (Lipinski definition) is 3. The monoisotopic (exact) mass is 368 g/mol. The summed E-state index contributed by atoms with van der Waals surface area (Å²) in [5.41, 5.74) is 7.85. The fourth-order valence-corrected chi connectivity index (χ4v) is 3.41. The van der Waals surface area contributed by atoms with Gasteiger partial charge in [0.15, 0.2) is 0 Å². The summed E-state index contributed by atoms with van der Waals surface area (Å²) in [5.74, 6) is 0.373. The van der Waals surface area contributed by atoms with Gasteiger partial charge in [-0.25, -0.2) is 14.8 Å². The number of nitrogens with zero attached hydrogens (tertiary/aromatic N) is 3. The van der Waals surface area contributed by atoms with E-state index in [4.69, 9.17) is 20.2 Å². The standard InChI is InChI=1S/C18H20N6O3/c1-26-18(2-4-27-5-3-18)15-10-20-8-14(23-15)12-7-21-13-9-22-16(6-11(12)13)24-17(19)25/h6-10,21H,2-5H2,1H3,(H3,19,22,24,25). The van der Waals surface area contributed by atoms with Gasteiger partial charge in [0.05, 0.1) is 35.5 Å². The van der Waals surface area contributed by atoms with Crippen LogP contribution in [0.2, 0.25) is 0 Å². The Balaban J connectivity index is 1.76. The number of fused-ring (bicyclic) bond motifs is 1. The zero-order valence-electron chi connectivity index (χ0n) is 14.9. The van der Waals surface area contributed by atoms with E-state index in [0.717, 1.165) is 35.0 Å². The summed E-state index contributed by atoms with van der Waals surface area (Å²) in [6.45, 7) is 1.25. The Morgan fingerprint density at radius 1 is 1.33 bits per heavy atom. The summed E-state index contributed by atoms with van der Waals surface area (Å²) >= 11 is 0. The number of methoxy groups -OCH3 is 1. The highest BCUT2D eigenvalue weighted by atomic mass is 16.5. The molecule has 1 saturated heterocycles. The van der Waals surface area contributed by atoms with Gasteiger partial charge in [-0.2, -0.15) is 0 Å². The first-order valence-electron chi connectivity index (χ1n) is 8.61. The van der Waals surface area contributed by atoms with Crippen molar-refractivity contribution in [2.24, 2.45) is 5.73 Å². The lowest BCUT2D eigenvalue weighted by Crippen LogP contribution is -2.36. The van der Waals surface area contributed by atoms with Crippen LogP contribution in [0.1, 0.15) is 18.5 Å². The Kier molecular flexibility index (Phi) is 4.46. The van der Waals surface area contributed by atoms with Crippen molar-refractivity contribution in [1.82, 2.24) is 19.9 Å². The van der Waals surface area contributed by atoms with E-state index < -0.39 is 11.6 Å². The molecule has 1 aliphatic rings. The van der Waals surface area contributed by atoms with E-state index >= 15 is 0 Å². The number of hydrogen-bond acceptors (Lipinski definition) is 6. The van der Waals surface area contributed by atoms with Gasteiger partial charge in [0.25, 0.3) is 0 Å². The highest BCUT2D eigenvalue weighted by Crippen LogP contribution is 2.35. The first kappa shape index (κ1) is 17.4. The number of anilines is 1. The largest absolute Gasteiger partial charge is 0.381 e. The van der Waals surface area contributed by atoms with Crippen LogP contribution in [-0.4, -0.2) is 46.3 Å². The molecular weight excluding hydrogens is 348 g/mol. The summed E-state index contributed by atoms with van der Waals surface area (Å²) in [4.78, 5) is 27.6. The average Bonchev–Trinajstić information content (AvgIpc) is 3.11. The first-order valence-corrected chi connectivity index (χ1v) is 8.61. The van der Waals surface area contributed by atoms with Crippen LogP contribution in [0.3, 0.4) is 0 Å². The van der Waals surface area contributed by atoms with Crippen LogP contribution < -0.4 is 11.1 Å². The number of carbonyl (C=O) groups excluding carboxylic acids is 1. The van der Waals surface area contributed by atoms with Gasteiger partial charge in [-0.05, 0) is 6.07 Å². The summed E-state index contributed by atoms with van der Waals surface area (Å²) < 4.78 is 11.3. The minimum Gasteiger partial charge on any atom is -0.381 e.